The minimum atomic E-state index is 0.557. The van der Waals surface area contributed by atoms with Gasteiger partial charge < -0.3 is 5.32 Å². The van der Waals surface area contributed by atoms with Crippen LogP contribution in [-0.2, 0) is 0 Å². The molecule has 1 unspecified atom stereocenters. The van der Waals surface area contributed by atoms with Crippen LogP contribution < -0.4 is 5.32 Å². The number of anilines is 1. The van der Waals surface area contributed by atoms with Crippen molar-refractivity contribution in [3.05, 3.63) is 72.4 Å². The van der Waals surface area contributed by atoms with Crippen LogP contribution in [0.2, 0.25) is 0 Å². The van der Waals surface area contributed by atoms with Crippen molar-refractivity contribution in [2.75, 3.05) is 11.9 Å². The highest BCUT2D eigenvalue weighted by Gasteiger charge is 2.05. The van der Waals surface area contributed by atoms with Gasteiger partial charge in [0.25, 0.3) is 0 Å². The lowest BCUT2D eigenvalue weighted by molar-refractivity contribution is 0.706. The van der Waals surface area contributed by atoms with Crippen molar-refractivity contribution in [2.24, 2.45) is 0 Å². The lowest BCUT2D eigenvalue weighted by Gasteiger charge is -2.14. The number of benzene rings is 2. The van der Waals surface area contributed by atoms with E-state index < -0.39 is 0 Å². The average Bonchev–Trinajstić information content (AvgIpc) is 2.56. The molecule has 0 spiro atoms. The molecule has 0 aliphatic heterocycles. The Labute approximate surface area is 125 Å². The summed E-state index contributed by atoms with van der Waals surface area (Å²) < 4.78 is 0. The highest BCUT2D eigenvalue weighted by Crippen LogP contribution is 2.22. The molecule has 0 aliphatic rings. The van der Waals surface area contributed by atoms with Crippen molar-refractivity contribution in [1.29, 1.82) is 0 Å². The third-order valence-corrected chi connectivity index (χ3v) is 3.89. The maximum absolute atomic E-state index is 4.47. The van der Waals surface area contributed by atoms with Crippen molar-refractivity contribution >= 4 is 16.6 Å². The second kappa shape index (κ2) is 6.40. The SMILES string of the molecule is CC(CCNc1cccc2cccnc12)c1ccccc1. The van der Waals surface area contributed by atoms with Crippen molar-refractivity contribution in [3.8, 4) is 0 Å². The molecule has 2 heteroatoms. The molecule has 0 saturated heterocycles. The summed E-state index contributed by atoms with van der Waals surface area (Å²) in [6.07, 6.45) is 2.95. The minimum Gasteiger partial charge on any atom is -0.383 e. The molecule has 2 aromatic carbocycles. The number of pyridine rings is 1. The zero-order chi connectivity index (χ0) is 14.5. The predicted molar refractivity (Wildman–Crippen MR) is 89.7 cm³/mol. The fourth-order valence-electron chi connectivity index (χ4n) is 2.62. The topological polar surface area (TPSA) is 24.9 Å². The second-order valence-corrected chi connectivity index (χ2v) is 5.41. The Morgan fingerprint density at radius 3 is 2.62 bits per heavy atom. The molecule has 0 radical (unpaired) electrons. The number of rotatable bonds is 5. The molecule has 21 heavy (non-hydrogen) atoms. The average molecular weight is 276 g/mol. The molecule has 106 valence electrons. The largest absolute Gasteiger partial charge is 0.383 e. The van der Waals surface area contributed by atoms with Crippen LogP contribution >= 0.6 is 0 Å². The number of fused-ring (bicyclic) bond motifs is 1. The number of nitrogens with one attached hydrogen (secondary N) is 1. The number of para-hydroxylation sites is 1. The summed E-state index contributed by atoms with van der Waals surface area (Å²) in [5.41, 5.74) is 3.57. The van der Waals surface area contributed by atoms with Gasteiger partial charge >= 0.3 is 0 Å². The Bertz CT molecular complexity index is 702. The molecule has 2 nitrogen and oxygen atoms in total. The second-order valence-electron chi connectivity index (χ2n) is 5.41. The van der Waals surface area contributed by atoms with E-state index >= 15 is 0 Å². The number of hydrogen-bond acceptors (Lipinski definition) is 2. The predicted octanol–water partition coefficient (Wildman–Crippen LogP) is 4.84. The van der Waals surface area contributed by atoms with Gasteiger partial charge in [0.05, 0.1) is 11.2 Å². The molecule has 0 amide bonds. The van der Waals surface area contributed by atoms with Gasteiger partial charge in [-0.2, -0.15) is 0 Å². The summed E-state index contributed by atoms with van der Waals surface area (Å²) in [7, 11) is 0. The normalized spacial score (nSPS) is 12.2. The Morgan fingerprint density at radius 1 is 0.952 bits per heavy atom. The van der Waals surface area contributed by atoms with E-state index in [1.807, 2.05) is 12.3 Å². The number of nitrogens with zero attached hydrogens (tertiary/aromatic N) is 1. The van der Waals surface area contributed by atoms with Crippen LogP contribution in [0.15, 0.2) is 66.9 Å². The molecular weight excluding hydrogens is 256 g/mol. The van der Waals surface area contributed by atoms with Crippen LogP contribution in [0.5, 0.6) is 0 Å². The maximum atomic E-state index is 4.47. The Morgan fingerprint density at radius 2 is 1.76 bits per heavy atom. The van der Waals surface area contributed by atoms with Gasteiger partial charge in [-0.1, -0.05) is 55.5 Å². The van der Waals surface area contributed by atoms with Crippen molar-refractivity contribution in [1.82, 2.24) is 4.98 Å². The van der Waals surface area contributed by atoms with Gasteiger partial charge in [-0.3, -0.25) is 4.98 Å². The number of hydrogen-bond donors (Lipinski definition) is 1. The van der Waals surface area contributed by atoms with Crippen molar-refractivity contribution < 1.29 is 0 Å². The third-order valence-electron chi connectivity index (χ3n) is 3.89. The zero-order valence-corrected chi connectivity index (χ0v) is 12.3. The van der Waals surface area contributed by atoms with Gasteiger partial charge in [-0.15, -0.1) is 0 Å². The zero-order valence-electron chi connectivity index (χ0n) is 12.3. The molecular formula is C19H20N2. The smallest absolute Gasteiger partial charge is 0.0933 e. The summed E-state index contributed by atoms with van der Waals surface area (Å²) in [5, 5.41) is 4.71. The monoisotopic (exact) mass is 276 g/mol. The summed E-state index contributed by atoms with van der Waals surface area (Å²) in [5.74, 6) is 0.557. The van der Waals surface area contributed by atoms with E-state index in [1.165, 1.54) is 10.9 Å². The van der Waals surface area contributed by atoms with E-state index in [0.717, 1.165) is 24.2 Å². The minimum absolute atomic E-state index is 0.557. The molecule has 0 aliphatic carbocycles. The van der Waals surface area contributed by atoms with Gasteiger partial charge in [0.1, 0.15) is 0 Å². The highest BCUT2D eigenvalue weighted by atomic mass is 14.9. The van der Waals surface area contributed by atoms with E-state index in [9.17, 15) is 0 Å². The molecule has 1 heterocycles. The molecule has 0 fully saturated rings. The van der Waals surface area contributed by atoms with Crippen LogP contribution in [0.25, 0.3) is 10.9 Å². The molecule has 0 bridgehead atoms. The fourth-order valence-corrected chi connectivity index (χ4v) is 2.62. The van der Waals surface area contributed by atoms with Gasteiger partial charge in [0, 0.05) is 18.1 Å². The quantitative estimate of drug-likeness (QED) is 0.721. The summed E-state index contributed by atoms with van der Waals surface area (Å²) >= 11 is 0. The Balaban J connectivity index is 1.65. The lowest BCUT2D eigenvalue weighted by Crippen LogP contribution is -2.06. The van der Waals surface area contributed by atoms with Crippen LogP contribution in [0.1, 0.15) is 24.8 Å². The first-order valence-electron chi connectivity index (χ1n) is 7.47. The summed E-state index contributed by atoms with van der Waals surface area (Å²) in [4.78, 5) is 4.47. The Hall–Kier alpha value is -2.35. The first kappa shape index (κ1) is 13.6. The first-order valence-corrected chi connectivity index (χ1v) is 7.47. The van der Waals surface area contributed by atoms with Gasteiger partial charge in [0.2, 0.25) is 0 Å². The van der Waals surface area contributed by atoms with E-state index in [1.54, 1.807) is 0 Å². The maximum Gasteiger partial charge on any atom is 0.0933 e. The van der Waals surface area contributed by atoms with E-state index in [4.69, 9.17) is 0 Å². The molecule has 3 rings (SSSR count). The van der Waals surface area contributed by atoms with E-state index in [0.29, 0.717) is 5.92 Å². The first-order chi connectivity index (χ1) is 10.3. The van der Waals surface area contributed by atoms with Crippen LogP contribution in [0, 0.1) is 0 Å². The fraction of sp³-hybridized carbons (Fsp3) is 0.211. The van der Waals surface area contributed by atoms with Crippen molar-refractivity contribution in [3.63, 3.8) is 0 Å². The van der Waals surface area contributed by atoms with Crippen LogP contribution in [0.4, 0.5) is 5.69 Å². The standard InChI is InChI=1S/C19H20N2/c1-15(16-7-3-2-4-8-16)12-14-20-18-11-5-9-17-10-6-13-21-19(17)18/h2-11,13,15,20H,12,14H2,1H3. The summed E-state index contributed by atoms with van der Waals surface area (Å²) in [6.45, 7) is 3.23. The third kappa shape index (κ3) is 3.22. The van der Waals surface area contributed by atoms with Crippen LogP contribution in [-0.4, -0.2) is 11.5 Å². The Kier molecular flexibility index (Phi) is 4.15. The van der Waals surface area contributed by atoms with Gasteiger partial charge in [-0.25, -0.2) is 0 Å². The van der Waals surface area contributed by atoms with Gasteiger partial charge in [0.15, 0.2) is 0 Å². The lowest BCUT2D eigenvalue weighted by atomic mass is 9.98. The van der Waals surface area contributed by atoms with Crippen LogP contribution in [0.3, 0.4) is 0 Å². The summed E-state index contributed by atoms with van der Waals surface area (Å²) in [6, 6.07) is 21.0. The molecule has 3 aromatic rings. The van der Waals surface area contributed by atoms with Crippen molar-refractivity contribution in [2.45, 2.75) is 19.3 Å². The molecule has 1 atom stereocenters. The van der Waals surface area contributed by atoms with Gasteiger partial charge in [-0.05, 0) is 30.0 Å². The molecule has 1 N–H and O–H groups in total. The molecule has 1 aromatic heterocycles. The molecule has 0 saturated carbocycles. The highest BCUT2D eigenvalue weighted by molar-refractivity contribution is 5.90. The number of aromatic nitrogens is 1. The van der Waals surface area contributed by atoms with E-state index in [-0.39, 0.29) is 0 Å². The van der Waals surface area contributed by atoms with E-state index in [2.05, 4.69) is 71.8 Å².